The van der Waals surface area contributed by atoms with E-state index in [1.54, 1.807) is 108 Å². The van der Waals surface area contributed by atoms with Crippen molar-refractivity contribution >= 4 is 109 Å². The quantitative estimate of drug-likeness (QED) is 0.00409. The lowest BCUT2D eigenvalue weighted by Crippen LogP contribution is -2.33. The van der Waals surface area contributed by atoms with Crippen LogP contribution < -0.4 is 66.0 Å². The van der Waals surface area contributed by atoms with Crippen LogP contribution in [0.1, 0.15) is 0 Å². The van der Waals surface area contributed by atoms with Crippen LogP contribution in [0.5, 0.6) is 17.2 Å². The topological polar surface area (TPSA) is 321 Å². The summed E-state index contributed by atoms with van der Waals surface area (Å²) in [6.07, 6.45) is 4.82. The molecule has 3 aromatic heterocycles. The number of carbonyl (C=O) groups is 1. The summed E-state index contributed by atoms with van der Waals surface area (Å²) in [6, 6.07) is 40.4. The highest BCUT2D eigenvalue weighted by Crippen LogP contribution is 2.27. The van der Waals surface area contributed by atoms with Crippen molar-refractivity contribution in [3.63, 3.8) is 0 Å². The minimum absolute atomic E-state index is 0.0596. The normalized spacial score (nSPS) is 10.2. The Morgan fingerprint density at radius 3 is 1.20 bits per heavy atom. The number of hydrogen-bond acceptors (Lipinski definition) is 21. The van der Waals surface area contributed by atoms with Gasteiger partial charge in [-0.1, -0.05) is 24.8 Å². The first-order valence-electron chi connectivity index (χ1n) is 27.8. The Hall–Kier alpha value is -11.0. The lowest BCUT2D eigenvalue weighted by atomic mass is 10.3. The summed E-state index contributed by atoms with van der Waals surface area (Å²) in [5, 5.41) is 35.8. The predicted molar refractivity (Wildman–Crippen MR) is 351 cm³/mol. The molecule has 6 aromatic carbocycles. The summed E-state index contributed by atoms with van der Waals surface area (Å²) in [5.41, 5.74) is 15.3. The number of ether oxygens (including phenoxy) is 6. The smallest absolute Gasteiger partial charge is 0.398 e. The minimum Gasteiger partial charge on any atom is -0.491 e. The number of nitro benzene ring substituents is 2. The molecule has 94 heavy (non-hydrogen) atoms. The third-order valence-corrected chi connectivity index (χ3v) is 12.4. The van der Waals surface area contributed by atoms with Gasteiger partial charge in [0.1, 0.15) is 55.7 Å². The number of nitrogens with one attached hydrogen (secondary N) is 5. The minimum atomic E-state index is -0.613. The second-order valence-corrected chi connectivity index (χ2v) is 19.8. The number of non-ortho nitro benzene ring substituents is 2. The van der Waals surface area contributed by atoms with E-state index in [1.807, 2.05) is 48.5 Å². The molecule has 0 radical (unpaired) electrons. The molecule has 0 spiro atoms. The lowest BCUT2D eigenvalue weighted by Gasteiger charge is -2.08. The molecule has 9 N–H and O–H groups in total. The Morgan fingerprint density at radius 1 is 0.511 bits per heavy atom. The van der Waals surface area contributed by atoms with Crippen molar-refractivity contribution in [1.82, 2.24) is 15.0 Å². The summed E-state index contributed by atoms with van der Waals surface area (Å²) >= 11 is 10.5. The summed E-state index contributed by atoms with van der Waals surface area (Å²) in [6.45, 7) is 6.20. The van der Waals surface area contributed by atoms with E-state index in [0.717, 1.165) is 40.8 Å². The molecule has 3 heterocycles. The molecule has 0 saturated heterocycles. The van der Waals surface area contributed by atoms with Crippen LogP contribution in [0.25, 0.3) is 0 Å². The fourth-order valence-electron chi connectivity index (χ4n) is 7.31. The van der Waals surface area contributed by atoms with E-state index >= 15 is 0 Å². The second-order valence-electron chi connectivity index (χ2n) is 19.1. The lowest BCUT2D eigenvalue weighted by molar-refractivity contribution is -0.673. The number of aryl methyl sites for hydroxylation is 3. The van der Waals surface area contributed by atoms with Crippen molar-refractivity contribution < 1.29 is 69.9 Å². The van der Waals surface area contributed by atoms with Crippen LogP contribution in [0.3, 0.4) is 0 Å². The van der Waals surface area contributed by atoms with Crippen molar-refractivity contribution in [2.24, 2.45) is 21.1 Å². The van der Waals surface area contributed by atoms with Crippen LogP contribution in [-0.2, 0) is 40.1 Å². The first-order chi connectivity index (χ1) is 45.1. The zero-order valence-electron chi connectivity index (χ0n) is 51.7. The third kappa shape index (κ3) is 25.7. The van der Waals surface area contributed by atoms with Gasteiger partial charge in [-0.25, -0.2) is 24.3 Å². The number of nitrogens with zero attached hydrogens (tertiary/aromatic N) is 8. The fraction of sp³-hybridized carbons (Fsp3) is 0.190. The molecule has 0 fully saturated rings. The molecule has 0 atom stereocenters. The molecule has 9 rings (SSSR count). The average Bonchev–Trinajstić information content (AvgIpc) is 0.964. The van der Waals surface area contributed by atoms with Gasteiger partial charge >= 0.3 is 17.2 Å². The highest BCUT2D eigenvalue weighted by Gasteiger charge is 2.21. The zero-order valence-corrected chi connectivity index (χ0v) is 53.2. The number of halogens is 5. The summed E-state index contributed by atoms with van der Waals surface area (Å²) in [4.78, 5) is 42.4. The number of nitrogens with two attached hydrogens (primary N) is 2. The Bertz CT molecular complexity index is 3930. The van der Waals surface area contributed by atoms with Gasteiger partial charge < -0.3 is 55.8 Å². The number of hydrogen-bond donors (Lipinski definition) is 7. The van der Waals surface area contributed by atoms with Crippen molar-refractivity contribution in [2.75, 3.05) is 99.0 Å². The zero-order chi connectivity index (χ0) is 68.5. The monoisotopic (exact) mass is 1340 g/mol. The molecule has 0 aliphatic rings. The number of methoxy groups -OCH3 is 3. The van der Waals surface area contributed by atoms with Gasteiger partial charge in [0, 0.05) is 85.6 Å². The van der Waals surface area contributed by atoms with Gasteiger partial charge in [0.05, 0.1) is 62.2 Å². The maximum Gasteiger partial charge on any atom is 0.398 e. The number of nitrogen functional groups attached to an aromatic ring is 2. The third-order valence-electron chi connectivity index (χ3n) is 11.9. The Morgan fingerprint density at radius 2 is 0.851 bits per heavy atom. The van der Waals surface area contributed by atoms with E-state index in [4.69, 9.17) is 63.1 Å². The van der Waals surface area contributed by atoms with Gasteiger partial charge in [0.15, 0.2) is 0 Å². The van der Waals surface area contributed by atoms with Gasteiger partial charge in [0.2, 0.25) is 34.3 Å². The number of anilines is 12. The Balaban J connectivity index is 0.000000231. The van der Waals surface area contributed by atoms with E-state index in [-0.39, 0.29) is 34.1 Å². The summed E-state index contributed by atoms with van der Waals surface area (Å²) < 4.78 is 77.8. The molecule has 0 saturated carbocycles. The predicted octanol–water partition coefficient (Wildman–Crippen LogP) is 11.2. The number of aromatic nitrogens is 6. The number of rotatable bonds is 25. The maximum absolute atomic E-state index is 14.4. The van der Waals surface area contributed by atoms with E-state index in [9.17, 15) is 38.2 Å². The number of carbonyl (C=O) groups excluding carboxylic acids is 1. The molecule has 0 unspecified atom stereocenters. The van der Waals surface area contributed by atoms with E-state index in [1.165, 1.54) is 57.9 Å². The maximum atomic E-state index is 14.4. The second kappa shape index (κ2) is 38.7. The molecular weight excluding hydrogens is 1270 g/mol. The summed E-state index contributed by atoms with van der Waals surface area (Å²) in [5.74, 6) is 1.36. The largest absolute Gasteiger partial charge is 0.491 e. The van der Waals surface area contributed by atoms with E-state index in [0.29, 0.717) is 80.0 Å². The standard InChI is InChI=1S/C20H20FN5O4.C20H22FN5O2.C11H8ClFN4O2.C9H13NO2.C3H3ClO/c1-25-13-18(21)19(22-15-4-3-5-16(12-15)26(27)28)24-20(25)23-14-6-8-17(9-7-14)30-11-10-29-2;1-26-13-18(21)19(23-16-5-3-4-14(22)12-16)25-20(26)24-15-6-8-17(9-7-15)28-11-10-27-2;1-16-6-9(13)10(15-11(16)12)14-7-3-2-4-8(5-7)17(18)19;1-11-6-7-12-9-4-2-8(10)3-5-9;1-2-3(4)5/h3-9,12-13H,10-11H2,1-2H3,(H,22,23,24);3-9,12-13H,10-11,22H2,1-2H3,(H,23,24,25);2-6H,1H3;2-5H,6-7,10H2,1H3;2H,1H2/p+3. The first kappa shape index (κ1) is 73.8. The number of nitro groups is 2. The molecular formula is C63H69Cl2F3N15O11+3. The van der Waals surface area contributed by atoms with Crippen LogP contribution in [0.15, 0.2) is 177 Å². The molecule has 0 aliphatic heterocycles. The highest BCUT2D eigenvalue weighted by atomic mass is 35.5. The van der Waals surface area contributed by atoms with Crippen LogP contribution >= 0.6 is 23.2 Å². The molecule has 0 amide bonds. The van der Waals surface area contributed by atoms with Crippen molar-refractivity contribution in [3.05, 3.63) is 220 Å². The molecule has 0 bridgehead atoms. The van der Waals surface area contributed by atoms with Crippen molar-refractivity contribution in [2.45, 2.75) is 0 Å². The average molecular weight is 1340 g/mol. The molecule has 9 aromatic rings. The van der Waals surface area contributed by atoms with Gasteiger partial charge in [-0.15, -0.1) is 0 Å². The van der Waals surface area contributed by atoms with Gasteiger partial charge in [-0.3, -0.25) is 25.0 Å². The van der Waals surface area contributed by atoms with Crippen LogP contribution in [0.4, 0.5) is 93.7 Å². The van der Waals surface area contributed by atoms with Gasteiger partial charge in [-0.2, -0.15) is 13.2 Å². The number of allylic oxidation sites excluding steroid dienone is 1. The molecule has 31 heteroatoms. The van der Waals surface area contributed by atoms with Crippen molar-refractivity contribution in [1.29, 1.82) is 0 Å². The van der Waals surface area contributed by atoms with E-state index in [2.05, 4.69) is 48.1 Å². The Kier molecular flexibility index (Phi) is 30.3. The Labute approximate surface area is 548 Å². The number of benzene rings is 6. The van der Waals surface area contributed by atoms with Crippen molar-refractivity contribution in [3.8, 4) is 17.2 Å². The molecule has 26 nitrogen and oxygen atoms in total. The fourth-order valence-corrected chi connectivity index (χ4v) is 7.44. The molecule has 0 aliphatic carbocycles. The van der Waals surface area contributed by atoms with Gasteiger partial charge in [0.25, 0.3) is 17.2 Å². The highest BCUT2D eigenvalue weighted by molar-refractivity contribution is 6.66. The molecule has 494 valence electrons. The van der Waals surface area contributed by atoms with Crippen LogP contribution in [-0.4, -0.2) is 91.0 Å². The van der Waals surface area contributed by atoms with Crippen LogP contribution in [0.2, 0.25) is 5.28 Å². The van der Waals surface area contributed by atoms with Gasteiger partial charge in [-0.05, 0) is 136 Å². The summed E-state index contributed by atoms with van der Waals surface area (Å²) in [7, 11) is 9.79. The van der Waals surface area contributed by atoms with E-state index < -0.39 is 32.5 Å². The first-order valence-corrected chi connectivity index (χ1v) is 28.6. The van der Waals surface area contributed by atoms with Crippen LogP contribution in [0, 0.1) is 37.7 Å². The SMILES string of the molecule is C=CC(=O)Cl.COCCOc1ccc(N)cc1.COCCOc1ccc(Nc2nc(Nc3cccc(N)c3)c(F)c[n+]2C)cc1.COCCOc1ccc(Nc2nc(Nc3cccc([N+](=O)[O-])c3)c(F)c[n+]2C)cc1.C[n+]1cc(F)c(Nc2cccc([N+](=O)[O-])c2)nc1Cl.